The predicted octanol–water partition coefficient (Wildman–Crippen LogP) is 4.08. The van der Waals surface area contributed by atoms with Gasteiger partial charge in [-0.1, -0.05) is 63.2 Å². The van der Waals surface area contributed by atoms with Crippen molar-refractivity contribution in [2.45, 2.75) is 33.2 Å². The number of hydrogen-bond acceptors (Lipinski definition) is 3. The second-order valence-electron chi connectivity index (χ2n) is 8.42. The molecule has 0 aromatic heterocycles. The second-order valence-corrected chi connectivity index (χ2v) is 8.42. The lowest BCUT2D eigenvalue weighted by molar-refractivity contribution is -0.120. The van der Waals surface area contributed by atoms with Crippen molar-refractivity contribution in [1.29, 1.82) is 0 Å². The molecule has 1 heterocycles. The molecule has 0 saturated carbocycles. The predicted molar refractivity (Wildman–Crippen MR) is 116 cm³/mol. The third-order valence-corrected chi connectivity index (χ3v) is 5.71. The van der Waals surface area contributed by atoms with Crippen molar-refractivity contribution < 1.29 is 9.59 Å². The quantitative estimate of drug-likeness (QED) is 0.804. The van der Waals surface area contributed by atoms with Gasteiger partial charge in [0.1, 0.15) is 0 Å². The lowest BCUT2D eigenvalue weighted by Gasteiger charge is -2.35. The van der Waals surface area contributed by atoms with Gasteiger partial charge < -0.3 is 16.0 Å². The molecule has 4 unspecified atom stereocenters. The number of nitrogens with two attached hydrogens (primary N) is 1. The third kappa shape index (κ3) is 5.04. The molecule has 2 aromatic rings. The first kappa shape index (κ1) is 21.1. The van der Waals surface area contributed by atoms with Crippen LogP contribution in [0.25, 0.3) is 0 Å². The molecule has 1 fully saturated rings. The molecule has 2 amide bonds. The zero-order valence-corrected chi connectivity index (χ0v) is 17.5. The Morgan fingerprint density at radius 2 is 1.59 bits per heavy atom. The first-order chi connectivity index (χ1) is 13.9. The fourth-order valence-electron chi connectivity index (χ4n) is 4.15. The van der Waals surface area contributed by atoms with Gasteiger partial charge >= 0.3 is 0 Å². The van der Waals surface area contributed by atoms with Crippen molar-refractivity contribution in [3.63, 3.8) is 0 Å². The lowest BCUT2D eigenvalue weighted by atomic mass is 9.91. The van der Waals surface area contributed by atoms with E-state index in [1.54, 1.807) is 12.1 Å². The van der Waals surface area contributed by atoms with E-state index in [1.165, 1.54) is 0 Å². The van der Waals surface area contributed by atoms with Gasteiger partial charge in [0.15, 0.2) is 0 Å². The number of amides is 2. The molecular weight excluding hydrogens is 362 g/mol. The Hall–Kier alpha value is -2.66. The van der Waals surface area contributed by atoms with Gasteiger partial charge in [-0.05, 0) is 36.0 Å². The number of carbonyl (C=O) groups excluding carboxylic acids is 2. The minimum Gasteiger partial charge on any atom is -0.338 e. The van der Waals surface area contributed by atoms with Crippen molar-refractivity contribution in [3.8, 4) is 0 Å². The average Bonchev–Trinajstić information content (AvgIpc) is 2.72. The Bertz CT molecular complexity index is 842. The monoisotopic (exact) mass is 393 g/mol. The van der Waals surface area contributed by atoms with E-state index < -0.39 is 12.0 Å². The zero-order valence-electron chi connectivity index (χ0n) is 17.5. The number of para-hydroxylation sites is 1. The third-order valence-electron chi connectivity index (χ3n) is 5.71. The van der Waals surface area contributed by atoms with Crippen molar-refractivity contribution in [3.05, 3.63) is 65.7 Å². The average molecular weight is 394 g/mol. The molecule has 2 aromatic carbocycles. The molecule has 154 valence electrons. The molecule has 5 heteroatoms. The van der Waals surface area contributed by atoms with E-state index in [4.69, 9.17) is 5.73 Å². The number of piperidine rings is 1. The minimum atomic E-state index is -0.435. The van der Waals surface area contributed by atoms with Crippen molar-refractivity contribution in [2.75, 3.05) is 18.4 Å². The normalized spacial score (nSPS) is 21.3. The Morgan fingerprint density at radius 1 is 1.00 bits per heavy atom. The van der Waals surface area contributed by atoms with E-state index in [0.29, 0.717) is 23.1 Å². The number of hydrogen-bond donors (Lipinski definition) is 2. The summed E-state index contributed by atoms with van der Waals surface area (Å²) < 4.78 is 0. The standard InChI is InChI=1S/C24H31N3O2/c1-16-13-17(2)15-27(14-16)24(29)20-11-7-8-12-21(20)26-23(28)18(3)22(25)19-9-5-4-6-10-19/h4-12,16-18,22H,13-15,25H2,1-3H3,(H,26,28). The molecular formula is C24H31N3O2. The van der Waals surface area contributed by atoms with Crippen LogP contribution >= 0.6 is 0 Å². The van der Waals surface area contributed by atoms with Crippen molar-refractivity contribution in [2.24, 2.45) is 23.5 Å². The van der Waals surface area contributed by atoms with Crippen LogP contribution in [0.2, 0.25) is 0 Å². The summed E-state index contributed by atoms with van der Waals surface area (Å²) in [6.45, 7) is 7.67. The van der Waals surface area contributed by atoms with E-state index in [2.05, 4.69) is 19.2 Å². The summed E-state index contributed by atoms with van der Waals surface area (Å²) in [5.41, 5.74) is 8.29. The topological polar surface area (TPSA) is 75.4 Å². The Labute approximate surface area is 173 Å². The van der Waals surface area contributed by atoms with Crippen molar-refractivity contribution >= 4 is 17.5 Å². The first-order valence-electron chi connectivity index (χ1n) is 10.4. The number of nitrogens with zero attached hydrogens (tertiary/aromatic N) is 1. The molecule has 5 nitrogen and oxygen atoms in total. The smallest absolute Gasteiger partial charge is 0.255 e. The summed E-state index contributed by atoms with van der Waals surface area (Å²) in [7, 11) is 0. The fourth-order valence-corrected chi connectivity index (χ4v) is 4.15. The number of carbonyl (C=O) groups is 2. The summed E-state index contributed by atoms with van der Waals surface area (Å²) in [4.78, 5) is 27.9. The molecule has 0 aliphatic carbocycles. The van der Waals surface area contributed by atoms with Crippen LogP contribution in [0.1, 0.15) is 49.2 Å². The van der Waals surface area contributed by atoms with Crippen LogP contribution in [0.4, 0.5) is 5.69 Å². The van der Waals surface area contributed by atoms with Crippen molar-refractivity contribution in [1.82, 2.24) is 4.90 Å². The SMILES string of the molecule is CC1CC(C)CN(C(=O)c2ccccc2NC(=O)C(C)C(N)c2ccccc2)C1. The summed E-state index contributed by atoms with van der Waals surface area (Å²) in [6.07, 6.45) is 1.14. The molecule has 0 spiro atoms. The van der Waals surface area contributed by atoms with Gasteiger partial charge in [-0.3, -0.25) is 9.59 Å². The Kier molecular flexibility index (Phi) is 6.70. The Morgan fingerprint density at radius 3 is 2.24 bits per heavy atom. The van der Waals surface area contributed by atoms with Crippen LogP contribution in [0.3, 0.4) is 0 Å². The molecule has 1 saturated heterocycles. The molecule has 0 bridgehead atoms. The van der Waals surface area contributed by atoms with Crippen LogP contribution in [-0.2, 0) is 4.79 Å². The highest BCUT2D eigenvalue weighted by molar-refractivity contribution is 6.04. The molecule has 0 radical (unpaired) electrons. The first-order valence-corrected chi connectivity index (χ1v) is 10.4. The number of benzene rings is 2. The van der Waals surface area contributed by atoms with E-state index in [9.17, 15) is 9.59 Å². The summed E-state index contributed by atoms with van der Waals surface area (Å²) in [5, 5.41) is 2.94. The largest absolute Gasteiger partial charge is 0.338 e. The van der Waals surface area contributed by atoms with Gasteiger partial charge in [0.2, 0.25) is 5.91 Å². The summed E-state index contributed by atoms with van der Waals surface area (Å²) in [5.74, 6) is 0.304. The lowest BCUT2D eigenvalue weighted by Crippen LogP contribution is -2.43. The highest BCUT2D eigenvalue weighted by Gasteiger charge is 2.28. The maximum atomic E-state index is 13.2. The van der Waals surface area contributed by atoms with E-state index in [1.807, 2.05) is 54.3 Å². The fraction of sp³-hybridized carbons (Fsp3) is 0.417. The molecule has 3 rings (SSSR count). The van der Waals surface area contributed by atoms with Crippen LogP contribution in [0, 0.1) is 17.8 Å². The van der Waals surface area contributed by atoms with Gasteiger partial charge in [-0.15, -0.1) is 0 Å². The molecule has 29 heavy (non-hydrogen) atoms. The number of nitrogens with one attached hydrogen (secondary N) is 1. The van der Waals surface area contributed by atoms with Crippen LogP contribution < -0.4 is 11.1 Å². The van der Waals surface area contributed by atoms with Gasteiger partial charge in [-0.2, -0.15) is 0 Å². The van der Waals surface area contributed by atoms with Crippen LogP contribution in [0.5, 0.6) is 0 Å². The zero-order chi connectivity index (χ0) is 21.0. The van der Waals surface area contributed by atoms with Crippen LogP contribution in [0.15, 0.2) is 54.6 Å². The highest BCUT2D eigenvalue weighted by Crippen LogP contribution is 2.26. The van der Waals surface area contributed by atoms with Crippen LogP contribution in [-0.4, -0.2) is 29.8 Å². The number of anilines is 1. The molecule has 4 atom stereocenters. The van der Waals surface area contributed by atoms with E-state index >= 15 is 0 Å². The van der Waals surface area contributed by atoms with E-state index in [0.717, 1.165) is 25.1 Å². The Balaban J connectivity index is 1.75. The molecule has 1 aliphatic rings. The minimum absolute atomic E-state index is 0.0284. The number of rotatable bonds is 5. The highest BCUT2D eigenvalue weighted by atomic mass is 16.2. The number of likely N-dealkylation sites (tertiary alicyclic amines) is 1. The van der Waals surface area contributed by atoms with Gasteiger partial charge in [0.25, 0.3) is 5.91 Å². The van der Waals surface area contributed by atoms with Gasteiger partial charge in [0, 0.05) is 19.1 Å². The summed E-state index contributed by atoms with van der Waals surface area (Å²) in [6, 6.07) is 16.4. The second kappa shape index (κ2) is 9.23. The maximum Gasteiger partial charge on any atom is 0.255 e. The van der Waals surface area contributed by atoms with Gasteiger partial charge in [0.05, 0.1) is 17.2 Å². The maximum absolute atomic E-state index is 13.2. The summed E-state index contributed by atoms with van der Waals surface area (Å²) >= 11 is 0. The molecule has 1 aliphatic heterocycles. The van der Waals surface area contributed by atoms with Gasteiger partial charge in [-0.25, -0.2) is 0 Å². The molecule has 3 N–H and O–H groups in total. The van der Waals surface area contributed by atoms with E-state index in [-0.39, 0.29) is 11.8 Å².